The molecular formula is C20H17N. The third-order valence-electron chi connectivity index (χ3n) is 3.88. The van der Waals surface area contributed by atoms with E-state index in [2.05, 4.69) is 48.5 Å². The van der Waals surface area contributed by atoms with Gasteiger partial charge in [0.05, 0.1) is 5.56 Å². The van der Waals surface area contributed by atoms with E-state index in [0.717, 1.165) is 41.2 Å². The second-order valence-corrected chi connectivity index (χ2v) is 5.27. The average molecular weight is 271 g/mol. The summed E-state index contributed by atoms with van der Waals surface area (Å²) in [6, 6.07) is 25.2. The Bertz CT molecular complexity index is 782. The first-order valence-electron chi connectivity index (χ1n) is 7.33. The summed E-state index contributed by atoms with van der Waals surface area (Å²) in [6.07, 6.45) is 3.07. The Hall–Kier alpha value is -2.59. The van der Waals surface area contributed by atoms with Crippen LogP contribution in [0.25, 0.3) is 10.8 Å². The maximum atomic E-state index is 9.48. The fraction of sp³-hybridized carbons (Fsp3) is 0.150. The SMILES string of the molecule is N#Cc1c(CCCc2ccccc2)ccc2ccccc12. The first-order chi connectivity index (χ1) is 10.4. The summed E-state index contributed by atoms with van der Waals surface area (Å²) in [4.78, 5) is 0. The fourth-order valence-electron chi connectivity index (χ4n) is 2.78. The van der Waals surface area contributed by atoms with Crippen molar-refractivity contribution in [2.45, 2.75) is 19.3 Å². The molecule has 3 rings (SSSR count). The zero-order valence-electron chi connectivity index (χ0n) is 11.9. The van der Waals surface area contributed by atoms with Gasteiger partial charge in [0.2, 0.25) is 0 Å². The lowest BCUT2D eigenvalue weighted by molar-refractivity contribution is 0.820. The minimum Gasteiger partial charge on any atom is -0.192 e. The van der Waals surface area contributed by atoms with E-state index in [9.17, 15) is 5.26 Å². The first kappa shape index (κ1) is 13.4. The standard InChI is InChI=1S/C20H17N/c21-15-20-18(11-6-9-16-7-2-1-3-8-16)14-13-17-10-4-5-12-19(17)20/h1-5,7-8,10,12-14H,6,9,11H2. The highest BCUT2D eigenvalue weighted by Crippen LogP contribution is 2.23. The third kappa shape index (κ3) is 2.95. The van der Waals surface area contributed by atoms with Crippen LogP contribution >= 0.6 is 0 Å². The molecule has 3 aromatic rings. The lowest BCUT2D eigenvalue weighted by Crippen LogP contribution is -1.94. The van der Waals surface area contributed by atoms with Gasteiger partial charge in [-0.05, 0) is 41.2 Å². The van der Waals surface area contributed by atoms with Crippen LogP contribution in [-0.2, 0) is 12.8 Å². The van der Waals surface area contributed by atoms with E-state index in [0.29, 0.717) is 0 Å². The van der Waals surface area contributed by atoms with Gasteiger partial charge in [-0.1, -0.05) is 66.7 Å². The van der Waals surface area contributed by atoms with E-state index >= 15 is 0 Å². The molecule has 0 fully saturated rings. The quantitative estimate of drug-likeness (QED) is 0.663. The number of benzene rings is 3. The molecule has 0 N–H and O–H groups in total. The molecule has 0 atom stereocenters. The molecule has 0 aliphatic heterocycles. The van der Waals surface area contributed by atoms with Crippen LogP contribution in [-0.4, -0.2) is 0 Å². The number of aryl methyl sites for hydroxylation is 2. The van der Waals surface area contributed by atoms with Crippen LogP contribution in [0.5, 0.6) is 0 Å². The van der Waals surface area contributed by atoms with Gasteiger partial charge in [-0.2, -0.15) is 5.26 Å². The number of nitrogens with zero attached hydrogens (tertiary/aromatic N) is 1. The number of fused-ring (bicyclic) bond motifs is 1. The Morgan fingerprint density at radius 2 is 1.52 bits per heavy atom. The molecule has 1 nitrogen and oxygen atoms in total. The fourth-order valence-corrected chi connectivity index (χ4v) is 2.78. The summed E-state index contributed by atoms with van der Waals surface area (Å²) in [6.45, 7) is 0. The van der Waals surface area contributed by atoms with E-state index in [1.54, 1.807) is 0 Å². The van der Waals surface area contributed by atoms with Gasteiger partial charge in [0.25, 0.3) is 0 Å². The van der Waals surface area contributed by atoms with E-state index in [4.69, 9.17) is 0 Å². The van der Waals surface area contributed by atoms with Crippen molar-refractivity contribution in [3.05, 3.63) is 83.4 Å². The van der Waals surface area contributed by atoms with Crippen LogP contribution in [0, 0.1) is 11.3 Å². The number of hydrogen-bond donors (Lipinski definition) is 0. The molecule has 0 radical (unpaired) electrons. The highest BCUT2D eigenvalue weighted by molar-refractivity contribution is 5.89. The van der Waals surface area contributed by atoms with Gasteiger partial charge >= 0.3 is 0 Å². The topological polar surface area (TPSA) is 23.8 Å². The van der Waals surface area contributed by atoms with Crippen LogP contribution in [0.2, 0.25) is 0 Å². The smallest absolute Gasteiger partial charge is 0.100 e. The van der Waals surface area contributed by atoms with Crippen molar-refractivity contribution >= 4 is 10.8 Å². The normalized spacial score (nSPS) is 10.4. The molecule has 0 aliphatic carbocycles. The number of rotatable bonds is 4. The van der Waals surface area contributed by atoms with Gasteiger partial charge < -0.3 is 0 Å². The summed E-state index contributed by atoms with van der Waals surface area (Å²) in [7, 11) is 0. The summed E-state index contributed by atoms with van der Waals surface area (Å²) in [5, 5.41) is 11.7. The molecule has 102 valence electrons. The molecule has 1 heteroatoms. The van der Waals surface area contributed by atoms with Gasteiger partial charge in [-0.25, -0.2) is 0 Å². The summed E-state index contributed by atoms with van der Waals surface area (Å²) < 4.78 is 0. The van der Waals surface area contributed by atoms with Crippen molar-refractivity contribution in [3.8, 4) is 6.07 Å². The van der Waals surface area contributed by atoms with E-state index < -0.39 is 0 Å². The number of nitriles is 1. The van der Waals surface area contributed by atoms with Crippen LogP contribution < -0.4 is 0 Å². The Kier molecular flexibility index (Phi) is 3.98. The Morgan fingerprint density at radius 3 is 2.33 bits per heavy atom. The third-order valence-corrected chi connectivity index (χ3v) is 3.88. The van der Waals surface area contributed by atoms with Gasteiger partial charge in [0, 0.05) is 0 Å². The van der Waals surface area contributed by atoms with Crippen molar-refractivity contribution in [2.24, 2.45) is 0 Å². The Balaban J connectivity index is 1.80. The zero-order chi connectivity index (χ0) is 14.5. The molecule has 0 aliphatic rings. The molecule has 0 spiro atoms. The minimum atomic E-state index is 0.834. The maximum absolute atomic E-state index is 9.48. The van der Waals surface area contributed by atoms with E-state index in [1.807, 2.05) is 24.3 Å². The van der Waals surface area contributed by atoms with Crippen molar-refractivity contribution in [2.75, 3.05) is 0 Å². The van der Waals surface area contributed by atoms with E-state index in [1.165, 1.54) is 5.56 Å². The molecule has 0 heterocycles. The Labute approximate surface area is 125 Å². The summed E-state index contributed by atoms with van der Waals surface area (Å²) in [5.74, 6) is 0. The van der Waals surface area contributed by atoms with Crippen LogP contribution in [0.1, 0.15) is 23.1 Å². The molecule has 0 amide bonds. The highest BCUT2D eigenvalue weighted by atomic mass is 14.3. The van der Waals surface area contributed by atoms with Gasteiger partial charge in [0.15, 0.2) is 0 Å². The lowest BCUT2D eigenvalue weighted by Gasteiger charge is -2.08. The summed E-state index contributed by atoms with van der Waals surface area (Å²) in [5.41, 5.74) is 3.35. The van der Waals surface area contributed by atoms with Crippen LogP contribution in [0.15, 0.2) is 66.7 Å². The zero-order valence-corrected chi connectivity index (χ0v) is 11.9. The van der Waals surface area contributed by atoms with Gasteiger partial charge in [-0.15, -0.1) is 0 Å². The molecule has 21 heavy (non-hydrogen) atoms. The van der Waals surface area contributed by atoms with Gasteiger partial charge in [0.1, 0.15) is 6.07 Å². The predicted molar refractivity (Wildman–Crippen MR) is 87.1 cm³/mol. The highest BCUT2D eigenvalue weighted by Gasteiger charge is 2.06. The van der Waals surface area contributed by atoms with Gasteiger partial charge in [-0.3, -0.25) is 0 Å². The molecular weight excluding hydrogens is 254 g/mol. The van der Waals surface area contributed by atoms with Crippen LogP contribution in [0.3, 0.4) is 0 Å². The van der Waals surface area contributed by atoms with Crippen LogP contribution in [0.4, 0.5) is 0 Å². The predicted octanol–water partition coefficient (Wildman–Crippen LogP) is 4.89. The van der Waals surface area contributed by atoms with Crippen molar-refractivity contribution in [1.29, 1.82) is 5.26 Å². The van der Waals surface area contributed by atoms with Crippen molar-refractivity contribution in [3.63, 3.8) is 0 Å². The van der Waals surface area contributed by atoms with Crippen molar-refractivity contribution < 1.29 is 0 Å². The molecule has 0 aromatic heterocycles. The lowest BCUT2D eigenvalue weighted by atomic mass is 9.95. The Morgan fingerprint density at radius 1 is 0.762 bits per heavy atom. The summed E-state index contributed by atoms with van der Waals surface area (Å²) >= 11 is 0. The maximum Gasteiger partial charge on any atom is 0.100 e. The first-order valence-corrected chi connectivity index (χ1v) is 7.33. The average Bonchev–Trinajstić information content (AvgIpc) is 2.55. The number of hydrogen-bond acceptors (Lipinski definition) is 1. The minimum absolute atomic E-state index is 0.834. The van der Waals surface area contributed by atoms with E-state index in [-0.39, 0.29) is 0 Å². The van der Waals surface area contributed by atoms with Crippen molar-refractivity contribution in [1.82, 2.24) is 0 Å². The largest absolute Gasteiger partial charge is 0.192 e. The monoisotopic (exact) mass is 271 g/mol. The molecule has 3 aromatic carbocycles. The molecule has 0 saturated heterocycles. The molecule has 0 bridgehead atoms. The molecule has 0 saturated carbocycles. The second kappa shape index (κ2) is 6.24. The molecule has 0 unspecified atom stereocenters. The second-order valence-electron chi connectivity index (χ2n) is 5.27.